The van der Waals surface area contributed by atoms with Gasteiger partial charge in [-0.05, 0) is 44.2 Å². The number of carbonyl (C=O) groups is 1. The van der Waals surface area contributed by atoms with Crippen LogP contribution in [0.15, 0.2) is 49.1 Å². The lowest BCUT2D eigenvalue weighted by atomic mass is 10.1. The van der Waals surface area contributed by atoms with Gasteiger partial charge in [-0.1, -0.05) is 0 Å². The Hall–Kier alpha value is -3.62. The van der Waals surface area contributed by atoms with E-state index in [0.29, 0.717) is 56.5 Å². The van der Waals surface area contributed by atoms with Gasteiger partial charge in [-0.25, -0.2) is 4.98 Å². The molecular weight excluding hydrogens is 396 g/mol. The van der Waals surface area contributed by atoms with Gasteiger partial charge in [0.05, 0.1) is 13.2 Å². The molecule has 0 N–H and O–H groups in total. The predicted molar refractivity (Wildman–Crippen MR) is 116 cm³/mol. The normalized spacial score (nSPS) is 13.9. The van der Waals surface area contributed by atoms with Gasteiger partial charge < -0.3 is 19.3 Å². The van der Waals surface area contributed by atoms with Crippen LogP contribution in [0.4, 0.5) is 5.82 Å². The number of ether oxygens (including phenoxy) is 2. The van der Waals surface area contributed by atoms with Gasteiger partial charge in [-0.15, -0.1) is 10.2 Å². The molecule has 0 radical (unpaired) electrons. The summed E-state index contributed by atoms with van der Waals surface area (Å²) in [6, 6.07) is 9.22. The lowest BCUT2D eigenvalue weighted by molar-refractivity contribution is 0.0746. The van der Waals surface area contributed by atoms with E-state index in [1.807, 2.05) is 37.1 Å². The van der Waals surface area contributed by atoms with E-state index < -0.39 is 0 Å². The standard InChI is InChI=1S/C22H26N6O3/c1-3-30-18-6-5-17(15-19(18)31-4-2)22(29)27-13-11-26(12-14-27)20-7-8-21(25-24-20)28-10-9-23-16-28/h5-10,15-16H,3-4,11-14H2,1-2H3. The number of nitrogens with zero attached hydrogens (tertiary/aromatic N) is 6. The van der Waals surface area contributed by atoms with E-state index in [9.17, 15) is 4.79 Å². The Morgan fingerprint density at radius 3 is 2.29 bits per heavy atom. The molecule has 1 saturated heterocycles. The SMILES string of the molecule is CCOc1ccc(C(=O)N2CCN(c3ccc(-n4ccnc4)nn3)CC2)cc1OCC. The maximum Gasteiger partial charge on any atom is 0.254 e. The van der Waals surface area contributed by atoms with Crippen LogP contribution in [0.2, 0.25) is 0 Å². The second-order valence-corrected chi connectivity index (χ2v) is 7.03. The smallest absolute Gasteiger partial charge is 0.254 e. The van der Waals surface area contributed by atoms with Gasteiger partial charge >= 0.3 is 0 Å². The monoisotopic (exact) mass is 422 g/mol. The van der Waals surface area contributed by atoms with Crippen LogP contribution in [0.3, 0.4) is 0 Å². The molecule has 162 valence electrons. The molecule has 3 heterocycles. The second-order valence-electron chi connectivity index (χ2n) is 7.03. The maximum absolute atomic E-state index is 13.0. The molecule has 0 spiro atoms. The summed E-state index contributed by atoms with van der Waals surface area (Å²) in [5.41, 5.74) is 0.602. The lowest BCUT2D eigenvalue weighted by Crippen LogP contribution is -2.49. The Morgan fingerprint density at radius 1 is 0.935 bits per heavy atom. The molecule has 0 saturated carbocycles. The highest BCUT2D eigenvalue weighted by Crippen LogP contribution is 2.29. The zero-order valence-corrected chi connectivity index (χ0v) is 17.8. The minimum Gasteiger partial charge on any atom is -0.490 e. The maximum atomic E-state index is 13.0. The first-order chi connectivity index (χ1) is 15.2. The van der Waals surface area contributed by atoms with E-state index in [4.69, 9.17) is 9.47 Å². The predicted octanol–water partition coefficient (Wildman–Crippen LogP) is 2.42. The van der Waals surface area contributed by atoms with E-state index in [1.165, 1.54) is 0 Å². The van der Waals surface area contributed by atoms with Crippen LogP contribution in [0, 0.1) is 0 Å². The molecule has 1 aliphatic rings. The van der Waals surface area contributed by atoms with Gasteiger partial charge in [0.25, 0.3) is 5.91 Å². The number of hydrogen-bond donors (Lipinski definition) is 0. The van der Waals surface area contributed by atoms with E-state index in [1.54, 1.807) is 35.3 Å². The molecule has 9 heteroatoms. The fourth-order valence-electron chi connectivity index (χ4n) is 3.52. The molecule has 1 aromatic carbocycles. The number of anilines is 1. The number of rotatable bonds is 7. The number of aromatic nitrogens is 4. The zero-order chi connectivity index (χ0) is 21.6. The third kappa shape index (κ3) is 4.60. The molecule has 2 aromatic heterocycles. The summed E-state index contributed by atoms with van der Waals surface area (Å²) in [5.74, 6) is 2.77. The molecule has 1 fully saturated rings. The highest BCUT2D eigenvalue weighted by Gasteiger charge is 2.24. The van der Waals surface area contributed by atoms with Crippen molar-refractivity contribution in [2.75, 3.05) is 44.3 Å². The summed E-state index contributed by atoms with van der Waals surface area (Å²) in [4.78, 5) is 21.0. The highest BCUT2D eigenvalue weighted by molar-refractivity contribution is 5.95. The van der Waals surface area contributed by atoms with Crippen molar-refractivity contribution in [2.24, 2.45) is 0 Å². The third-order valence-electron chi connectivity index (χ3n) is 5.09. The van der Waals surface area contributed by atoms with E-state index >= 15 is 0 Å². The number of amides is 1. The van der Waals surface area contributed by atoms with Gasteiger partial charge in [0, 0.05) is 44.1 Å². The van der Waals surface area contributed by atoms with Crippen molar-refractivity contribution in [3.05, 3.63) is 54.6 Å². The minimum atomic E-state index is -0.00908. The molecule has 31 heavy (non-hydrogen) atoms. The number of hydrogen-bond acceptors (Lipinski definition) is 7. The molecule has 4 rings (SSSR count). The van der Waals surface area contributed by atoms with Crippen molar-refractivity contribution < 1.29 is 14.3 Å². The summed E-state index contributed by atoms with van der Waals surface area (Å²) in [6.07, 6.45) is 5.21. The zero-order valence-electron chi connectivity index (χ0n) is 17.8. The van der Waals surface area contributed by atoms with Crippen molar-refractivity contribution in [3.63, 3.8) is 0 Å². The van der Waals surface area contributed by atoms with Gasteiger partial charge in [0.1, 0.15) is 6.33 Å². The van der Waals surface area contributed by atoms with Gasteiger partial charge in [-0.2, -0.15) is 0 Å². The highest BCUT2D eigenvalue weighted by atomic mass is 16.5. The van der Waals surface area contributed by atoms with Crippen LogP contribution in [-0.2, 0) is 0 Å². The number of imidazole rings is 1. The lowest BCUT2D eigenvalue weighted by Gasteiger charge is -2.35. The van der Waals surface area contributed by atoms with E-state index in [-0.39, 0.29) is 5.91 Å². The summed E-state index contributed by atoms with van der Waals surface area (Å²) < 4.78 is 13.1. The molecule has 0 aliphatic carbocycles. The van der Waals surface area contributed by atoms with E-state index in [0.717, 1.165) is 11.6 Å². The number of benzene rings is 1. The van der Waals surface area contributed by atoms with Crippen LogP contribution in [0.5, 0.6) is 11.5 Å². The molecule has 1 amide bonds. The fourth-order valence-corrected chi connectivity index (χ4v) is 3.52. The molecule has 9 nitrogen and oxygen atoms in total. The van der Waals surface area contributed by atoms with Gasteiger partial charge in [0.2, 0.25) is 0 Å². The Balaban J connectivity index is 1.39. The first-order valence-electron chi connectivity index (χ1n) is 10.5. The summed E-state index contributed by atoms with van der Waals surface area (Å²) in [7, 11) is 0. The Morgan fingerprint density at radius 2 is 1.65 bits per heavy atom. The topological polar surface area (TPSA) is 85.6 Å². The van der Waals surface area contributed by atoms with Crippen LogP contribution in [0.25, 0.3) is 5.82 Å². The molecule has 1 aliphatic heterocycles. The minimum absolute atomic E-state index is 0.00908. The molecule has 0 bridgehead atoms. The molecule has 3 aromatic rings. The Bertz CT molecular complexity index is 999. The van der Waals surface area contributed by atoms with Crippen LogP contribution < -0.4 is 14.4 Å². The van der Waals surface area contributed by atoms with Crippen molar-refractivity contribution in [3.8, 4) is 17.3 Å². The van der Waals surface area contributed by atoms with Crippen molar-refractivity contribution in [1.82, 2.24) is 24.6 Å². The van der Waals surface area contributed by atoms with Gasteiger partial charge in [0.15, 0.2) is 23.1 Å². The average molecular weight is 422 g/mol. The fraction of sp³-hybridized carbons (Fsp3) is 0.364. The summed E-state index contributed by atoms with van der Waals surface area (Å²) >= 11 is 0. The van der Waals surface area contributed by atoms with Crippen molar-refractivity contribution >= 4 is 11.7 Å². The second kappa shape index (κ2) is 9.46. The first-order valence-corrected chi connectivity index (χ1v) is 10.5. The third-order valence-corrected chi connectivity index (χ3v) is 5.09. The van der Waals surface area contributed by atoms with Crippen molar-refractivity contribution in [2.45, 2.75) is 13.8 Å². The van der Waals surface area contributed by atoms with Crippen molar-refractivity contribution in [1.29, 1.82) is 0 Å². The quantitative estimate of drug-likeness (QED) is 0.578. The first kappa shape index (κ1) is 20.6. The number of carbonyl (C=O) groups excluding carboxylic acids is 1. The molecule has 0 atom stereocenters. The van der Waals surface area contributed by atoms with Gasteiger partial charge in [-0.3, -0.25) is 9.36 Å². The van der Waals surface area contributed by atoms with Crippen LogP contribution >= 0.6 is 0 Å². The Kier molecular flexibility index (Phi) is 6.30. The largest absolute Gasteiger partial charge is 0.490 e. The van der Waals surface area contributed by atoms with E-state index in [2.05, 4.69) is 20.1 Å². The molecule has 0 unspecified atom stereocenters. The summed E-state index contributed by atoms with van der Waals surface area (Å²) in [5, 5.41) is 8.61. The Labute approximate surface area is 181 Å². The number of piperazine rings is 1. The molecular formula is C22H26N6O3. The van der Waals surface area contributed by atoms with Crippen LogP contribution in [0.1, 0.15) is 24.2 Å². The average Bonchev–Trinajstić information content (AvgIpc) is 3.35. The summed E-state index contributed by atoms with van der Waals surface area (Å²) in [6.45, 7) is 7.50. The van der Waals surface area contributed by atoms with Crippen LogP contribution in [-0.4, -0.2) is 69.9 Å².